The Kier molecular flexibility index (Phi) is 5.69. The average molecular weight is 483 g/mol. The van der Waals surface area contributed by atoms with Crippen molar-refractivity contribution < 1.29 is 24.1 Å². The van der Waals surface area contributed by atoms with Crippen LogP contribution in [0.5, 0.6) is 17.2 Å². The van der Waals surface area contributed by atoms with Gasteiger partial charge in [0.15, 0.2) is 11.5 Å². The smallest absolute Gasteiger partial charge is 0.221 e. The molecule has 1 aromatic carbocycles. The van der Waals surface area contributed by atoms with Crippen LogP contribution in [0.2, 0.25) is 0 Å². The largest absolute Gasteiger partial charge is 0.511 e. The fourth-order valence-electron chi connectivity index (χ4n) is 3.53. The van der Waals surface area contributed by atoms with E-state index in [9.17, 15) is 9.90 Å². The molecular weight excluding hydrogens is 461 g/mol. The molecule has 0 heterocycles. The molecule has 1 atom stereocenters. The highest BCUT2D eigenvalue weighted by molar-refractivity contribution is 14.1. The molecule has 2 N–H and O–H groups in total. The van der Waals surface area contributed by atoms with Crippen LogP contribution in [-0.4, -0.2) is 36.3 Å². The number of benzene rings is 1. The van der Waals surface area contributed by atoms with Crippen LogP contribution in [0, 0.1) is 0 Å². The van der Waals surface area contributed by atoms with Gasteiger partial charge in [0.25, 0.3) is 0 Å². The molecule has 2 aliphatic carbocycles. The van der Waals surface area contributed by atoms with Crippen molar-refractivity contribution in [3.8, 4) is 17.2 Å². The van der Waals surface area contributed by atoms with E-state index in [2.05, 4.69) is 27.9 Å². The third kappa shape index (κ3) is 3.52. The summed E-state index contributed by atoms with van der Waals surface area (Å²) in [6.07, 6.45) is 5.01. The van der Waals surface area contributed by atoms with Gasteiger partial charge < -0.3 is 24.6 Å². The minimum atomic E-state index is -0.177. The lowest BCUT2D eigenvalue weighted by molar-refractivity contribution is -0.118. The van der Waals surface area contributed by atoms with E-state index < -0.39 is 0 Å². The van der Waals surface area contributed by atoms with Crippen molar-refractivity contribution in [1.29, 1.82) is 0 Å². The Balaban J connectivity index is 2.32. The summed E-state index contributed by atoms with van der Waals surface area (Å²) in [6, 6.07) is 1.95. The fraction of sp³-hybridized carbons (Fsp3) is 0.350. The number of alkyl halides is 1. The second kappa shape index (κ2) is 7.84. The summed E-state index contributed by atoms with van der Waals surface area (Å²) in [6.45, 7) is 1.48. The van der Waals surface area contributed by atoms with Gasteiger partial charge in [-0.3, -0.25) is 4.79 Å². The molecule has 6 nitrogen and oxygen atoms in total. The number of ether oxygens (including phenoxy) is 3. The molecule has 1 amide bonds. The number of hydrogen-bond donors (Lipinski definition) is 2. The Labute approximate surface area is 172 Å². The number of carbonyl (C=O) groups excluding carboxylic acids is 1. The Morgan fingerprint density at radius 1 is 1.19 bits per heavy atom. The summed E-state index contributed by atoms with van der Waals surface area (Å²) in [5.74, 6) is 1.80. The van der Waals surface area contributed by atoms with Gasteiger partial charge >= 0.3 is 0 Å². The third-order valence-electron chi connectivity index (χ3n) is 4.66. The summed E-state index contributed by atoms with van der Waals surface area (Å²) in [4.78, 5) is 11.7. The van der Waals surface area contributed by atoms with Gasteiger partial charge in [-0.2, -0.15) is 0 Å². The van der Waals surface area contributed by atoms with E-state index in [0.717, 1.165) is 28.0 Å². The molecule has 0 radical (unpaired) electrons. The molecule has 0 fully saturated rings. The number of rotatable bonds is 4. The fourth-order valence-corrected chi connectivity index (χ4v) is 4.07. The summed E-state index contributed by atoms with van der Waals surface area (Å²) in [5, 5.41) is 13.2. The molecule has 0 saturated heterocycles. The first kappa shape index (κ1) is 19.6. The highest BCUT2D eigenvalue weighted by Gasteiger charge is 2.31. The molecule has 1 unspecified atom stereocenters. The molecule has 0 spiro atoms. The van der Waals surface area contributed by atoms with Gasteiger partial charge in [-0.1, -0.05) is 28.7 Å². The van der Waals surface area contributed by atoms with Crippen LogP contribution in [0.15, 0.2) is 35.2 Å². The van der Waals surface area contributed by atoms with Gasteiger partial charge in [0.1, 0.15) is 5.76 Å². The van der Waals surface area contributed by atoms with Crippen molar-refractivity contribution >= 4 is 34.1 Å². The van der Waals surface area contributed by atoms with E-state index in [-0.39, 0.29) is 15.6 Å². The van der Waals surface area contributed by atoms with Gasteiger partial charge in [-0.25, -0.2) is 0 Å². The zero-order valence-corrected chi connectivity index (χ0v) is 17.8. The predicted octanol–water partition coefficient (Wildman–Crippen LogP) is 3.69. The molecule has 1 aromatic rings. The molecule has 0 aliphatic heterocycles. The SMILES string of the molecule is COc1cc2c(c(OC)c1OC)C1=CC(I)C(O)=CC1=C(NC(C)=O)CC2. The number of aliphatic hydroxyl groups excluding tert-OH is 1. The molecule has 7 heteroatoms. The number of fused-ring (bicyclic) bond motifs is 3. The van der Waals surface area contributed by atoms with E-state index in [4.69, 9.17) is 14.2 Å². The van der Waals surface area contributed by atoms with Gasteiger partial charge in [-0.05, 0) is 36.1 Å². The standard InChI is InChI=1S/C20H22INO5/c1-10(23)22-15-6-5-11-7-17(25-2)19(26-3)20(27-4)18(11)13-8-14(21)16(24)9-12(13)15/h7-9,14,24H,5-6H2,1-4H3,(H,22,23). The number of nitrogens with one attached hydrogen (secondary N) is 1. The average Bonchev–Trinajstić information content (AvgIpc) is 2.77. The molecule has 2 aliphatic rings. The predicted molar refractivity (Wildman–Crippen MR) is 112 cm³/mol. The number of methoxy groups -OCH3 is 3. The van der Waals surface area contributed by atoms with Gasteiger partial charge in [0.2, 0.25) is 11.7 Å². The lowest BCUT2D eigenvalue weighted by Gasteiger charge is -2.24. The lowest BCUT2D eigenvalue weighted by atomic mass is 9.89. The Morgan fingerprint density at radius 2 is 1.89 bits per heavy atom. The zero-order chi connectivity index (χ0) is 19.7. The van der Waals surface area contributed by atoms with Gasteiger partial charge in [-0.15, -0.1) is 0 Å². The highest BCUT2D eigenvalue weighted by Crippen LogP contribution is 2.50. The first-order valence-electron chi connectivity index (χ1n) is 8.51. The second-order valence-electron chi connectivity index (χ2n) is 6.30. The van der Waals surface area contributed by atoms with Crippen LogP contribution >= 0.6 is 22.6 Å². The first-order valence-corrected chi connectivity index (χ1v) is 9.75. The Bertz CT molecular complexity index is 885. The van der Waals surface area contributed by atoms with Crippen molar-refractivity contribution in [2.45, 2.75) is 23.7 Å². The number of aliphatic hydroxyl groups is 1. The van der Waals surface area contributed by atoms with Crippen LogP contribution < -0.4 is 19.5 Å². The summed E-state index contributed by atoms with van der Waals surface area (Å²) < 4.78 is 16.6. The second-order valence-corrected chi connectivity index (χ2v) is 7.65. The Hall–Kier alpha value is -2.16. The molecular formula is C20H22INO5. The van der Waals surface area contributed by atoms with Crippen LogP contribution in [0.25, 0.3) is 5.57 Å². The lowest BCUT2D eigenvalue weighted by Crippen LogP contribution is -2.21. The molecule has 0 aromatic heterocycles. The van der Waals surface area contributed by atoms with E-state index in [0.29, 0.717) is 30.1 Å². The van der Waals surface area contributed by atoms with E-state index in [1.54, 1.807) is 27.4 Å². The van der Waals surface area contributed by atoms with Crippen molar-refractivity contribution in [1.82, 2.24) is 5.32 Å². The Morgan fingerprint density at radius 3 is 2.48 bits per heavy atom. The third-order valence-corrected chi connectivity index (χ3v) is 5.65. The van der Waals surface area contributed by atoms with Gasteiger partial charge in [0, 0.05) is 23.8 Å². The summed E-state index contributed by atoms with van der Waals surface area (Å²) in [5.41, 5.74) is 4.41. The molecule has 3 rings (SSSR count). The summed E-state index contributed by atoms with van der Waals surface area (Å²) in [7, 11) is 4.76. The van der Waals surface area contributed by atoms with Crippen LogP contribution in [0.3, 0.4) is 0 Å². The van der Waals surface area contributed by atoms with Crippen LogP contribution in [0.1, 0.15) is 24.5 Å². The molecule has 0 bridgehead atoms. The number of hydrogen-bond acceptors (Lipinski definition) is 5. The molecule has 27 heavy (non-hydrogen) atoms. The molecule has 144 valence electrons. The van der Waals surface area contributed by atoms with Crippen molar-refractivity contribution in [2.75, 3.05) is 21.3 Å². The van der Waals surface area contributed by atoms with E-state index >= 15 is 0 Å². The monoisotopic (exact) mass is 483 g/mol. The van der Waals surface area contributed by atoms with Crippen molar-refractivity contribution in [2.24, 2.45) is 0 Å². The maximum absolute atomic E-state index is 11.7. The first-order chi connectivity index (χ1) is 12.9. The molecule has 0 saturated carbocycles. The maximum Gasteiger partial charge on any atom is 0.221 e. The number of amides is 1. The normalized spacial score (nSPS) is 18.5. The maximum atomic E-state index is 11.7. The minimum absolute atomic E-state index is 0.144. The zero-order valence-electron chi connectivity index (χ0n) is 15.7. The highest BCUT2D eigenvalue weighted by atomic mass is 127. The number of allylic oxidation sites excluding steroid dienone is 5. The van der Waals surface area contributed by atoms with Gasteiger partial charge in [0.05, 0.1) is 25.3 Å². The van der Waals surface area contributed by atoms with E-state index in [1.807, 2.05) is 12.1 Å². The van der Waals surface area contributed by atoms with Crippen molar-refractivity contribution in [3.05, 3.63) is 46.4 Å². The van der Waals surface area contributed by atoms with Crippen LogP contribution in [0.4, 0.5) is 0 Å². The number of aryl methyl sites for hydroxylation is 1. The minimum Gasteiger partial charge on any atom is -0.511 e. The number of carbonyl (C=O) groups is 1. The number of halogens is 1. The van der Waals surface area contributed by atoms with E-state index in [1.165, 1.54) is 6.92 Å². The quantitative estimate of drug-likeness (QED) is 0.505. The van der Waals surface area contributed by atoms with Crippen LogP contribution in [-0.2, 0) is 11.2 Å². The summed E-state index contributed by atoms with van der Waals surface area (Å²) >= 11 is 2.17. The topological polar surface area (TPSA) is 77.0 Å². The van der Waals surface area contributed by atoms with Crippen molar-refractivity contribution in [3.63, 3.8) is 0 Å².